The van der Waals surface area contributed by atoms with E-state index in [0.29, 0.717) is 5.69 Å². The Labute approximate surface area is 105 Å². The van der Waals surface area contributed by atoms with E-state index in [4.69, 9.17) is 5.11 Å². The Kier molecular flexibility index (Phi) is 3.14. The zero-order valence-corrected chi connectivity index (χ0v) is 10.6. The molecule has 0 saturated carbocycles. The lowest BCUT2D eigenvalue weighted by Gasteiger charge is -2.05. The van der Waals surface area contributed by atoms with Gasteiger partial charge in [0.25, 0.3) is 0 Å². The summed E-state index contributed by atoms with van der Waals surface area (Å²) in [5.74, 6) is 0.0571. The Morgan fingerprint density at radius 1 is 1.39 bits per heavy atom. The minimum Gasteiger partial charge on any atom is -0.478 e. The van der Waals surface area contributed by atoms with Crippen LogP contribution in [-0.4, -0.2) is 25.8 Å². The normalized spacial score (nSPS) is 10.9. The van der Waals surface area contributed by atoms with Crippen LogP contribution in [0.15, 0.2) is 24.5 Å². The quantitative estimate of drug-likeness (QED) is 0.901. The van der Waals surface area contributed by atoms with E-state index < -0.39 is 5.97 Å². The van der Waals surface area contributed by atoms with Crippen LogP contribution in [0.2, 0.25) is 0 Å². The average Bonchev–Trinajstić information content (AvgIpc) is 2.78. The highest BCUT2D eigenvalue weighted by atomic mass is 16.4. The first kappa shape index (κ1) is 12.3. The topological polar surface area (TPSA) is 68.0 Å². The van der Waals surface area contributed by atoms with Gasteiger partial charge in [0.2, 0.25) is 0 Å². The van der Waals surface area contributed by atoms with Crippen molar-refractivity contribution in [1.82, 2.24) is 14.8 Å². The zero-order valence-electron chi connectivity index (χ0n) is 10.6. The van der Waals surface area contributed by atoms with Crippen LogP contribution >= 0.6 is 0 Å². The Morgan fingerprint density at radius 2 is 2.11 bits per heavy atom. The maximum Gasteiger partial charge on any atom is 0.336 e. The van der Waals surface area contributed by atoms with Crippen LogP contribution in [0.1, 0.15) is 41.5 Å². The van der Waals surface area contributed by atoms with Crippen LogP contribution < -0.4 is 0 Å². The Bertz CT molecular complexity index is 588. The van der Waals surface area contributed by atoms with E-state index in [1.165, 1.54) is 0 Å². The van der Waals surface area contributed by atoms with Crippen molar-refractivity contribution >= 4 is 5.97 Å². The molecule has 0 aliphatic rings. The van der Waals surface area contributed by atoms with Gasteiger partial charge in [-0.25, -0.2) is 14.5 Å². The first-order valence-electron chi connectivity index (χ1n) is 5.75. The standard InChI is InChI=1S/C13H15N3O2/c1-8(2)12-14-7-16(15-12)10-5-4-9(3)11(6-10)13(17)18/h4-8H,1-3H3,(H,17,18). The zero-order chi connectivity index (χ0) is 13.3. The molecule has 0 aliphatic heterocycles. The summed E-state index contributed by atoms with van der Waals surface area (Å²) in [6.07, 6.45) is 1.60. The van der Waals surface area contributed by atoms with Crippen molar-refractivity contribution < 1.29 is 9.90 Å². The molecule has 1 aromatic carbocycles. The number of benzene rings is 1. The molecule has 0 unspecified atom stereocenters. The molecule has 0 radical (unpaired) electrons. The fraction of sp³-hybridized carbons (Fsp3) is 0.308. The van der Waals surface area contributed by atoms with Crippen LogP contribution in [0, 0.1) is 6.92 Å². The second-order valence-electron chi connectivity index (χ2n) is 4.51. The van der Waals surface area contributed by atoms with Crippen molar-refractivity contribution in [2.45, 2.75) is 26.7 Å². The molecule has 0 spiro atoms. The summed E-state index contributed by atoms with van der Waals surface area (Å²) >= 11 is 0. The summed E-state index contributed by atoms with van der Waals surface area (Å²) in [4.78, 5) is 15.3. The molecule has 5 heteroatoms. The predicted octanol–water partition coefficient (Wildman–Crippen LogP) is 2.40. The number of carbonyl (C=O) groups is 1. The van der Waals surface area contributed by atoms with E-state index in [-0.39, 0.29) is 11.5 Å². The van der Waals surface area contributed by atoms with E-state index in [1.807, 2.05) is 19.9 Å². The molecule has 0 saturated heterocycles. The van der Waals surface area contributed by atoms with Gasteiger partial charge in [-0.05, 0) is 24.6 Å². The molecule has 5 nitrogen and oxygen atoms in total. The molecule has 18 heavy (non-hydrogen) atoms. The van der Waals surface area contributed by atoms with E-state index in [1.54, 1.807) is 30.1 Å². The molecule has 94 valence electrons. The van der Waals surface area contributed by atoms with Crippen LogP contribution in [0.5, 0.6) is 0 Å². The third-order valence-electron chi connectivity index (χ3n) is 2.74. The first-order valence-corrected chi connectivity index (χ1v) is 5.75. The summed E-state index contributed by atoms with van der Waals surface area (Å²) < 4.78 is 1.60. The molecular formula is C13H15N3O2. The lowest BCUT2D eigenvalue weighted by molar-refractivity contribution is 0.0696. The van der Waals surface area contributed by atoms with Crippen molar-refractivity contribution in [3.05, 3.63) is 41.5 Å². The van der Waals surface area contributed by atoms with Crippen molar-refractivity contribution in [1.29, 1.82) is 0 Å². The van der Waals surface area contributed by atoms with Crippen molar-refractivity contribution in [2.75, 3.05) is 0 Å². The van der Waals surface area contributed by atoms with E-state index in [2.05, 4.69) is 10.1 Å². The van der Waals surface area contributed by atoms with Crippen LogP contribution in [-0.2, 0) is 0 Å². The number of aromatic carboxylic acids is 1. The number of rotatable bonds is 3. The lowest BCUT2D eigenvalue weighted by atomic mass is 10.1. The van der Waals surface area contributed by atoms with Gasteiger partial charge in [-0.2, -0.15) is 5.10 Å². The van der Waals surface area contributed by atoms with Gasteiger partial charge in [0, 0.05) is 5.92 Å². The minimum atomic E-state index is -0.932. The summed E-state index contributed by atoms with van der Waals surface area (Å²) in [7, 11) is 0. The minimum absolute atomic E-state index is 0.246. The van der Waals surface area contributed by atoms with Gasteiger partial charge < -0.3 is 5.11 Å². The smallest absolute Gasteiger partial charge is 0.336 e. The average molecular weight is 245 g/mol. The van der Waals surface area contributed by atoms with Crippen molar-refractivity contribution in [3.8, 4) is 5.69 Å². The SMILES string of the molecule is Cc1ccc(-n2cnc(C(C)C)n2)cc1C(=O)O. The highest BCUT2D eigenvalue weighted by Crippen LogP contribution is 2.15. The molecule has 2 rings (SSSR count). The number of aryl methyl sites for hydroxylation is 1. The maximum atomic E-state index is 11.1. The summed E-state index contributed by atoms with van der Waals surface area (Å²) in [5.41, 5.74) is 1.72. The monoisotopic (exact) mass is 245 g/mol. The molecule has 0 fully saturated rings. The van der Waals surface area contributed by atoms with Gasteiger partial charge in [-0.3, -0.25) is 0 Å². The van der Waals surface area contributed by atoms with Crippen LogP contribution in [0.25, 0.3) is 5.69 Å². The van der Waals surface area contributed by atoms with Gasteiger partial charge in [-0.15, -0.1) is 0 Å². The molecule has 1 aromatic heterocycles. The molecule has 0 amide bonds. The number of aromatic nitrogens is 3. The Hall–Kier alpha value is -2.17. The molecule has 1 heterocycles. The molecule has 0 atom stereocenters. The van der Waals surface area contributed by atoms with Gasteiger partial charge in [0.05, 0.1) is 11.3 Å². The van der Waals surface area contributed by atoms with E-state index in [9.17, 15) is 4.79 Å². The van der Waals surface area contributed by atoms with E-state index in [0.717, 1.165) is 11.4 Å². The van der Waals surface area contributed by atoms with Gasteiger partial charge in [0.1, 0.15) is 6.33 Å². The summed E-state index contributed by atoms with van der Waals surface area (Å²) in [5, 5.41) is 13.4. The fourth-order valence-electron chi connectivity index (χ4n) is 1.65. The highest BCUT2D eigenvalue weighted by molar-refractivity contribution is 5.90. The van der Waals surface area contributed by atoms with Gasteiger partial charge in [-0.1, -0.05) is 19.9 Å². The third kappa shape index (κ3) is 2.25. The lowest BCUT2D eigenvalue weighted by Crippen LogP contribution is -2.03. The second-order valence-corrected chi connectivity index (χ2v) is 4.51. The van der Waals surface area contributed by atoms with Gasteiger partial charge in [0.15, 0.2) is 5.82 Å². The predicted molar refractivity (Wildman–Crippen MR) is 67.1 cm³/mol. The number of carboxylic acids is 1. The molecule has 2 aromatic rings. The second kappa shape index (κ2) is 4.60. The molecule has 0 bridgehead atoms. The molecule has 0 aliphatic carbocycles. The third-order valence-corrected chi connectivity index (χ3v) is 2.74. The summed E-state index contributed by atoms with van der Waals surface area (Å²) in [6.45, 7) is 5.79. The summed E-state index contributed by atoms with van der Waals surface area (Å²) in [6, 6.07) is 5.21. The Balaban J connectivity index is 2.44. The highest BCUT2D eigenvalue weighted by Gasteiger charge is 2.11. The van der Waals surface area contributed by atoms with Crippen LogP contribution in [0.4, 0.5) is 0 Å². The molecule has 1 N–H and O–H groups in total. The van der Waals surface area contributed by atoms with Crippen LogP contribution in [0.3, 0.4) is 0 Å². The van der Waals surface area contributed by atoms with Gasteiger partial charge >= 0.3 is 5.97 Å². The number of hydrogen-bond acceptors (Lipinski definition) is 3. The number of carboxylic acid groups (broad SMARTS) is 1. The first-order chi connectivity index (χ1) is 8.49. The number of nitrogens with zero attached hydrogens (tertiary/aromatic N) is 3. The van der Waals surface area contributed by atoms with Crippen molar-refractivity contribution in [3.63, 3.8) is 0 Å². The Morgan fingerprint density at radius 3 is 2.67 bits per heavy atom. The molecular weight excluding hydrogens is 230 g/mol. The fourth-order valence-corrected chi connectivity index (χ4v) is 1.65. The maximum absolute atomic E-state index is 11.1. The van der Waals surface area contributed by atoms with Crippen molar-refractivity contribution in [2.24, 2.45) is 0 Å². The number of hydrogen-bond donors (Lipinski definition) is 1. The largest absolute Gasteiger partial charge is 0.478 e. The van der Waals surface area contributed by atoms with E-state index >= 15 is 0 Å².